The summed E-state index contributed by atoms with van der Waals surface area (Å²) in [6.07, 6.45) is -3.30. The molecule has 0 unspecified atom stereocenters. The number of hydrazone groups is 1. The molecule has 0 aliphatic carbocycles. The van der Waals surface area contributed by atoms with Crippen molar-refractivity contribution in [3.8, 4) is 5.75 Å². The van der Waals surface area contributed by atoms with E-state index in [1.807, 2.05) is 0 Å². The summed E-state index contributed by atoms with van der Waals surface area (Å²) in [5, 5.41) is 14.7. The molecule has 1 amide bonds. The van der Waals surface area contributed by atoms with Gasteiger partial charge in [0.25, 0.3) is 11.6 Å². The minimum absolute atomic E-state index is 0.0354. The van der Waals surface area contributed by atoms with E-state index in [9.17, 15) is 28.1 Å². The first-order valence-electron chi connectivity index (χ1n) is 9.40. The molecule has 176 valence electrons. The standard InChI is InChI=1S/C22H14BrClF3N3O4/c23-18-8-14(11-28-29-21(31)15-2-1-3-16(10-15)22(25,26)27)9-19(24)20(18)34-12-13-4-6-17(7-5-13)30(32)33/h1-11H,12H2,(H,29,31)/b28-11-. The van der Waals surface area contributed by atoms with Crippen LogP contribution in [-0.4, -0.2) is 17.0 Å². The number of carbonyl (C=O) groups excluding carboxylic acids is 1. The fraction of sp³-hybridized carbons (Fsp3) is 0.0909. The summed E-state index contributed by atoms with van der Waals surface area (Å²) in [4.78, 5) is 22.3. The van der Waals surface area contributed by atoms with E-state index in [4.69, 9.17) is 16.3 Å². The maximum atomic E-state index is 12.8. The predicted molar refractivity (Wildman–Crippen MR) is 123 cm³/mol. The number of ether oxygens (including phenoxy) is 1. The van der Waals surface area contributed by atoms with Gasteiger partial charge in [-0.2, -0.15) is 18.3 Å². The summed E-state index contributed by atoms with van der Waals surface area (Å²) in [5.41, 5.74) is 2.16. The van der Waals surface area contributed by atoms with Gasteiger partial charge in [0.1, 0.15) is 6.61 Å². The minimum atomic E-state index is -4.56. The van der Waals surface area contributed by atoms with Crippen molar-refractivity contribution < 1.29 is 27.6 Å². The summed E-state index contributed by atoms with van der Waals surface area (Å²) in [6, 6.07) is 12.9. The SMILES string of the molecule is O=C(N/N=C\c1cc(Cl)c(OCc2ccc([N+](=O)[O-])cc2)c(Br)c1)c1cccc(C(F)(F)F)c1. The maximum Gasteiger partial charge on any atom is 0.416 e. The highest BCUT2D eigenvalue weighted by Crippen LogP contribution is 2.35. The van der Waals surface area contributed by atoms with Crippen LogP contribution in [0, 0.1) is 10.1 Å². The molecule has 0 fully saturated rings. The second kappa shape index (κ2) is 10.7. The van der Waals surface area contributed by atoms with Crippen molar-refractivity contribution in [3.05, 3.63) is 103 Å². The van der Waals surface area contributed by atoms with Crippen molar-refractivity contribution >= 4 is 45.3 Å². The van der Waals surface area contributed by atoms with Crippen LogP contribution in [0.3, 0.4) is 0 Å². The monoisotopic (exact) mass is 555 g/mol. The summed E-state index contributed by atoms with van der Waals surface area (Å²) < 4.78 is 44.6. The van der Waals surface area contributed by atoms with Gasteiger partial charge in [-0.15, -0.1) is 0 Å². The first kappa shape index (κ1) is 25.2. The molecule has 0 heterocycles. The highest BCUT2D eigenvalue weighted by molar-refractivity contribution is 9.10. The summed E-state index contributed by atoms with van der Waals surface area (Å²) in [7, 11) is 0. The number of nitrogens with one attached hydrogen (secondary N) is 1. The largest absolute Gasteiger partial charge is 0.486 e. The van der Waals surface area contributed by atoms with Gasteiger partial charge in [-0.25, -0.2) is 5.43 Å². The molecule has 0 radical (unpaired) electrons. The zero-order valence-corrected chi connectivity index (χ0v) is 19.3. The zero-order chi connectivity index (χ0) is 24.9. The van der Waals surface area contributed by atoms with Crippen molar-refractivity contribution in [2.24, 2.45) is 5.10 Å². The van der Waals surface area contributed by atoms with E-state index in [2.05, 4.69) is 26.5 Å². The average molecular weight is 557 g/mol. The Morgan fingerprint density at radius 2 is 1.88 bits per heavy atom. The molecule has 0 saturated heterocycles. The molecule has 3 rings (SSSR count). The van der Waals surface area contributed by atoms with Crippen LogP contribution >= 0.6 is 27.5 Å². The highest BCUT2D eigenvalue weighted by Gasteiger charge is 2.30. The molecule has 0 bridgehead atoms. The van der Waals surface area contributed by atoms with Gasteiger partial charge in [-0.1, -0.05) is 17.7 Å². The molecule has 0 aromatic heterocycles. The normalized spacial score (nSPS) is 11.4. The third-order valence-corrected chi connectivity index (χ3v) is 5.25. The van der Waals surface area contributed by atoms with Gasteiger partial charge in [-0.3, -0.25) is 14.9 Å². The number of nitro benzene ring substituents is 1. The number of carbonyl (C=O) groups is 1. The molecule has 1 N–H and O–H groups in total. The third-order valence-electron chi connectivity index (χ3n) is 4.38. The second-order valence-electron chi connectivity index (χ2n) is 6.80. The smallest absolute Gasteiger partial charge is 0.416 e. The van der Waals surface area contributed by atoms with E-state index in [0.717, 1.165) is 18.2 Å². The minimum Gasteiger partial charge on any atom is -0.486 e. The lowest BCUT2D eigenvalue weighted by Gasteiger charge is -2.11. The summed E-state index contributed by atoms with van der Waals surface area (Å²) in [5.74, 6) is -0.485. The molecule has 0 aliphatic rings. The Bertz CT molecular complexity index is 1230. The van der Waals surface area contributed by atoms with E-state index < -0.39 is 22.6 Å². The van der Waals surface area contributed by atoms with Crippen molar-refractivity contribution in [3.63, 3.8) is 0 Å². The number of halogens is 5. The van der Waals surface area contributed by atoms with Crippen molar-refractivity contribution in [1.82, 2.24) is 5.43 Å². The number of rotatable bonds is 7. The molecule has 7 nitrogen and oxygen atoms in total. The molecule has 0 saturated carbocycles. The van der Waals surface area contributed by atoms with Crippen molar-refractivity contribution in [2.45, 2.75) is 12.8 Å². The van der Waals surface area contributed by atoms with Crippen LogP contribution in [0.2, 0.25) is 5.02 Å². The Morgan fingerprint density at radius 3 is 2.50 bits per heavy atom. The molecule has 0 aliphatic heterocycles. The van der Waals surface area contributed by atoms with E-state index in [-0.39, 0.29) is 22.9 Å². The molecule has 3 aromatic rings. The Balaban J connectivity index is 1.64. The number of non-ortho nitro benzene ring substituents is 1. The number of hydrogen-bond acceptors (Lipinski definition) is 5. The molecule has 0 spiro atoms. The van der Waals surface area contributed by atoms with Crippen molar-refractivity contribution in [2.75, 3.05) is 0 Å². The lowest BCUT2D eigenvalue weighted by molar-refractivity contribution is -0.384. The van der Waals surface area contributed by atoms with Gasteiger partial charge >= 0.3 is 6.18 Å². The quantitative estimate of drug-likeness (QED) is 0.208. The van der Waals surface area contributed by atoms with Gasteiger partial charge in [-0.05, 0) is 69.5 Å². The zero-order valence-electron chi connectivity index (χ0n) is 17.0. The Kier molecular flexibility index (Phi) is 7.90. The molecular weight excluding hydrogens is 543 g/mol. The van der Waals surface area contributed by atoms with Gasteiger partial charge in [0.2, 0.25) is 0 Å². The first-order valence-corrected chi connectivity index (χ1v) is 10.6. The predicted octanol–water partition coefficient (Wildman–Crippen LogP) is 6.37. The number of benzene rings is 3. The van der Waals surface area contributed by atoms with Crippen LogP contribution in [0.15, 0.2) is 70.2 Å². The van der Waals surface area contributed by atoms with Crippen LogP contribution in [0.1, 0.15) is 27.0 Å². The number of alkyl halides is 3. The Morgan fingerprint density at radius 1 is 1.18 bits per heavy atom. The van der Waals surface area contributed by atoms with Gasteiger partial charge in [0.05, 0.1) is 26.2 Å². The number of hydrogen-bond donors (Lipinski definition) is 1. The average Bonchev–Trinajstić information content (AvgIpc) is 2.78. The Labute approximate surface area is 204 Å². The van der Waals surface area contributed by atoms with Crippen molar-refractivity contribution in [1.29, 1.82) is 0 Å². The van der Waals surface area contributed by atoms with Crippen LogP contribution in [-0.2, 0) is 12.8 Å². The molecule has 0 atom stereocenters. The topological polar surface area (TPSA) is 93.8 Å². The van der Waals surface area contributed by atoms with E-state index in [0.29, 0.717) is 21.3 Å². The van der Waals surface area contributed by atoms with Gasteiger partial charge in [0.15, 0.2) is 5.75 Å². The van der Waals surface area contributed by atoms with E-state index in [1.54, 1.807) is 18.2 Å². The van der Waals surface area contributed by atoms with Crippen LogP contribution in [0.5, 0.6) is 5.75 Å². The fourth-order valence-electron chi connectivity index (χ4n) is 2.73. The Hall–Kier alpha value is -3.44. The number of nitro groups is 1. The van der Waals surface area contributed by atoms with Crippen LogP contribution in [0.25, 0.3) is 0 Å². The van der Waals surface area contributed by atoms with Gasteiger partial charge < -0.3 is 4.74 Å². The van der Waals surface area contributed by atoms with Crippen LogP contribution < -0.4 is 10.2 Å². The summed E-state index contributed by atoms with van der Waals surface area (Å²) >= 11 is 9.60. The van der Waals surface area contributed by atoms with E-state index in [1.165, 1.54) is 30.5 Å². The lowest BCUT2D eigenvalue weighted by Crippen LogP contribution is -2.18. The second-order valence-corrected chi connectivity index (χ2v) is 8.07. The maximum absolute atomic E-state index is 12.8. The molecular formula is C22H14BrClF3N3O4. The van der Waals surface area contributed by atoms with E-state index >= 15 is 0 Å². The van der Waals surface area contributed by atoms with Crippen LogP contribution in [0.4, 0.5) is 18.9 Å². The third kappa shape index (κ3) is 6.55. The first-order chi connectivity index (χ1) is 16.0. The molecule has 3 aromatic carbocycles. The lowest BCUT2D eigenvalue weighted by atomic mass is 10.1. The molecule has 34 heavy (non-hydrogen) atoms. The number of amides is 1. The summed E-state index contributed by atoms with van der Waals surface area (Å²) in [6.45, 7) is 0.108. The number of nitrogens with zero attached hydrogens (tertiary/aromatic N) is 2. The fourth-order valence-corrected chi connectivity index (χ4v) is 3.72. The highest BCUT2D eigenvalue weighted by atomic mass is 79.9. The van der Waals surface area contributed by atoms with Gasteiger partial charge in [0, 0.05) is 17.7 Å². The molecule has 12 heteroatoms.